The first-order chi connectivity index (χ1) is 3.50. The third-order valence-electron chi connectivity index (χ3n) is 1.33. The van der Waals surface area contributed by atoms with Crippen molar-refractivity contribution in [2.45, 2.75) is 19.6 Å². The Kier molecular flexibility index (Phi) is 2.40. The van der Waals surface area contributed by atoms with Gasteiger partial charge >= 0.3 is 0 Å². The Bertz CT molecular complexity index is 70.8. The van der Waals surface area contributed by atoms with Gasteiger partial charge in [-0.05, 0) is 5.92 Å². The van der Waals surface area contributed by atoms with Crippen LogP contribution in [-0.2, 0) is 0 Å². The van der Waals surface area contributed by atoms with Crippen LogP contribution in [0.2, 0.25) is 0 Å². The molecule has 0 radical (unpaired) electrons. The first kappa shape index (κ1) is 7.88. The molecule has 0 aliphatic rings. The van der Waals surface area contributed by atoms with Gasteiger partial charge in [0.25, 0.3) is 0 Å². The Morgan fingerprint density at radius 2 is 2.00 bits per heavy atom. The van der Waals surface area contributed by atoms with Crippen LogP contribution >= 0.6 is 0 Å². The van der Waals surface area contributed by atoms with Gasteiger partial charge in [-0.25, -0.2) is 0 Å². The van der Waals surface area contributed by atoms with Crippen LogP contribution in [0.5, 0.6) is 0 Å². The summed E-state index contributed by atoms with van der Waals surface area (Å²) in [6.45, 7) is 3.77. The van der Waals surface area contributed by atoms with Crippen molar-refractivity contribution in [3.05, 3.63) is 0 Å². The maximum atomic E-state index is 9.05. The van der Waals surface area contributed by atoms with Crippen LogP contribution in [0.3, 0.4) is 0 Å². The number of aliphatic hydroxyl groups is 1. The highest BCUT2D eigenvalue weighted by atomic mass is 16.3. The van der Waals surface area contributed by atoms with E-state index in [4.69, 9.17) is 16.6 Å². The molecule has 5 N–H and O–H groups in total. The van der Waals surface area contributed by atoms with E-state index in [-0.39, 0.29) is 12.5 Å². The van der Waals surface area contributed by atoms with Crippen molar-refractivity contribution in [2.24, 2.45) is 17.4 Å². The second kappa shape index (κ2) is 2.44. The Labute approximate surface area is 49.7 Å². The zero-order chi connectivity index (χ0) is 6.78. The number of nitrogens with two attached hydrogens (primary N) is 2. The van der Waals surface area contributed by atoms with Gasteiger partial charge in [-0.15, -0.1) is 0 Å². The van der Waals surface area contributed by atoms with Crippen molar-refractivity contribution in [1.29, 1.82) is 0 Å². The molecule has 0 bridgehead atoms. The smallest absolute Gasteiger partial charge is 0.128 e. The summed E-state index contributed by atoms with van der Waals surface area (Å²) in [6, 6.07) is 0. The molecule has 0 aliphatic carbocycles. The van der Waals surface area contributed by atoms with Crippen molar-refractivity contribution in [3.8, 4) is 0 Å². The molecule has 0 amide bonds. The molecule has 50 valence electrons. The number of hydrogen-bond donors (Lipinski definition) is 3. The van der Waals surface area contributed by atoms with Crippen molar-refractivity contribution in [2.75, 3.05) is 6.54 Å². The summed E-state index contributed by atoms with van der Waals surface area (Å²) in [6.07, 6.45) is 0. The van der Waals surface area contributed by atoms with Crippen molar-refractivity contribution in [3.63, 3.8) is 0 Å². The molecule has 0 saturated carbocycles. The maximum absolute atomic E-state index is 9.05. The SMILES string of the molecule is CC(C)C(N)(O)CN. The summed E-state index contributed by atoms with van der Waals surface area (Å²) < 4.78 is 0. The van der Waals surface area contributed by atoms with Gasteiger partial charge < -0.3 is 16.6 Å². The minimum atomic E-state index is -1.18. The fourth-order valence-corrected chi connectivity index (χ4v) is 0.236. The molecule has 0 fully saturated rings. The molecule has 0 heterocycles. The predicted molar refractivity (Wildman–Crippen MR) is 33.0 cm³/mol. The number of rotatable bonds is 2. The van der Waals surface area contributed by atoms with Crippen molar-refractivity contribution >= 4 is 0 Å². The van der Waals surface area contributed by atoms with Crippen LogP contribution in [0.15, 0.2) is 0 Å². The molecule has 0 aromatic rings. The first-order valence-corrected chi connectivity index (χ1v) is 2.72. The van der Waals surface area contributed by atoms with E-state index < -0.39 is 5.72 Å². The largest absolute Gasteiger partial charge is 0.374 e. The van der Waals surface area contributed by atoms with E-state index in [9.17, 15) is 0 Å². The van der Waals surface area contributed by atoms with Crippen LogP contribution in [0.25, 0.3) is 0 Å². The minimum absolute atomic E-state index is 0.0208. The normalized spacial score (nSPS) is 18.8. The molecule has 8 heavy (non-hydrogen) atoms. The molecule has 0 spiro atoms. The van der Waals surface area contributed by atoms with E-state index in [0.717, 1.165) is 0 Å². The van der Waals surface area contributed by atoms with Gasteiger partial charge in [0.15, 0.2) is 0 Å². The third-order valence-corrected chi connectivity index (χ3v) is 1.33. The van der Waals surface area contributed by atoms with E-state index >= 15 is 0 Å². The summed E-state index contributed by atoms with van der Waals surface area (Å²) in [5.74, 6) is 0.0208. The van der Waals surface area contributed by atoms with Crippen molar-refractivity contribution in [1.82, 2.24) is 0 Å². The molecule has 0 aromatic carbocycles. The van der Waals surface area contributed by atoms with Gasteiger partial charge in [0.2, 0.25) is 0 Å². The Morgan fingerprint density at radius 3 is 2.00 bits per heavy atom. The van der Waals surface area contributed by atoms with Gasteiger partial charge in [-0.1, -0.05) is 13.8 Å². The second-order valence-electron chi connectivity index (χ2n) is 2.35. The second-order valence-corrected chi connectivity index (χ2v) is 2.35. The highest BCUT2D eigenvalue weighted by molar-refractivity contribution is 4.74. The van der Waals surface area contributed by atoms with E-state index in [1.54, 1.807) is 0 Å². The monoisotopic (exact) mass is 118 g/mol. The van der Waals surface area contributed by atoms with E-state index in [0.29, 0.717) is 0 Å². The quantitative estimate of drug-likeness (QED) is 0.418. The molecule has 0 saturated heterocycles. The Morgan fingerprint density at radius 1 is 1.62 bits per heavy atom. The molecule has 0 aliphatic heterocycles. The highest BCUT2D eigenvalue weighted by Crippen LogP contribution is 2.06. The summed E-state index contributed by atoms with van der Waals surface area (Å²) in [5.41, 5.74) is 9.24. The average molecular weight is 118 g/mol. The highest BCUT2D eigenvalue weighted by Gasteiger charge is 2.22. The summed E-state index contributed by atoms with van der Waals surface area (Å²) in [5, 5.41) is 9.05. The van der Waals surface area contributed by atoms with E-state index in [1.165, 1.54) is 0 Å². The molecule has 1 atom stereocenters. The molecular formula is C5H14N2O. The lowest BCUT2D eigenvalue weighted by Crippen LogP contribution is -2.51. The average Bonchev–Trinajstić information content (AvgIpc) is 1.67. The zero-order valence-corrected chi connectivity index (χ0v) is 5.39. The first-order valence-electron chi connectivity index (χ1n) is 2.72. The third kappa shape index (κ3) is 1.78. The van der Waals surface area contributed by atoms with Crippen LogP contribution in [0.4, 0.5) is 0 Å². The summed E-state index contributed by atoms with van der Waals surface area (Å²) in [4.78, 5) is 0. The molecule has 3 heteroatoms. The van der Waals surface area contributed by atoms with Gasteiger partial charge in [0, 0.05) is 6.54 Å². The van der Waals surface area contributed by atoms with Crippen LogP contribution in [0, 0.1) is 5.92 Å². The summed E-state index contributed by atoms with van der Waals surface area (Å²) >= 11 is 0. The van der Waals surface area contributed by atoms with E-state index in [1.807, 2.05) is 13.8 Å². The van der Waals surface area contributed by atoms with Gasteiger partial charge in [0.1, 0.15) is 5.72 Å². The molecule has 3 nitrogen and oxygen atoms in total. The topological polar surface area (TPSA) is 72.3 Å². The molecule has 1 unspecified atom stereocenters. The van der Waals surface area contributed by atoms with Gasteiger partial charge in [-0.2, -0.15) is 0 Å². The number of hydrogen-bond acceptors (Lipinski definition) is 3. The fraction of sp³-hybridized carbons (Fsp3) is 1.00. The lowest BCUT2D eigenvalue weighted by molar-refractivity contribution is 0.0100. The lowest BCUT2D eigenvalue weighted by atomic mass is 10.0. The zero-order valence-electron chi connectivity index (χ0n) is 5.39. The van der Waals surface area contributed by atoms with Gasteiger partial charge in [-0.3, -0.25) is 0 Å². The van der Waals surface area contributed by atoms with Crippen molar-refractivity contribution < 1.29 is 5.11 Å². The standard InChI is InChI=1S/C5H14N2O/c1-4(2)5(7,8)3-6/h4,8H,3,6-7H2,1-2H3. The summed E-state index contributed by atoms with van der Waals surface area (Å²) in [7, 11) is 0. The van der Waals surface area contributed by atoms with Crippen LogP contribution < -0.4 is 11.5 Å². The predicted octanol–water partition coefficient (Wildman–Crippen LogP) is -0.752. The Hall–Kier alpha value is -0.120. The lowest BCUT2D eigenvalue weighted by Gasteiger charge is -2.24. The van der Waals surface area contributed by atoms with Gasteiger partial charge in [0.05, 0.1) is 0 Å². The Balaban J connectivity index is 3.71. The van der Waals surface area contributed by atoms with Crippen LogP contribution in [-0.4, -0.2) is 17.4 Å². The molecular weight excluding hydrogens is 104 g/mol. The van der Waals surface area contributed by atoms with Crippen LogP contribution in [0.1, 0.15) is 13.8 Å². The minimum Gasteiger partial charge on any atom is -0.374 e. The molecule has 0 aromatic heterocycles. The fourth-order valence-electron chi connectivity index (χ4n) is 0.236. The maximum Gasteiger partial charge on any atom is 0.128 e. The molecule has 0 rings (SSSR count). The van der Waals surface area contributed by atoms with E-state index in [2.05, 4.69) is 0 Å².